The summed E-state index contributed by atoms with van der Waals surface area (Å²) < 4.78 is 121. The average Bonchev–Trinajstić information content (AvgIpc) is 1.60. The van der Waals surface area contributed by atoms with Gasteiger partial charge in [0.1, 0.15) is 22.7 Å². The lowest BCUT2D eigenvalue weighted by molar-refractivity contribution is 0.481. The highest BCUT2D eigenvalue weighted by atomic mass is 32.2. The normalized spacial score (nSPS) is 12.5. The molecule has 5 heterocycles. The summed E-state index contributed by atoms with van der Waals surface area (Å²) in [6, 6.07) is 68.5. The largest absolute Gasteiger partial charge is 0.354 e. The Balaban J connectivity index is 0.000000242. The first-order valence-electron chi connectivity index (χ1n) is 34.2. The van der Waals surface area contributed by atoms with Crippen LogP contribution >= 0.6 is 0 Å². The molecule has 11 aromatic rings. The third-order valence-electron chi connectivity index (χ3n) is 17.8. The second-order valence-electron chi connectivity index (χ2n) is 29.9. The van der Waals surface area contributed by atoms with Crippen LogP contribution in [0.4, 0.5) is 22.7 Å². The molecule has 0 amide bonds. The summed E-state index contributed by atoms with van der Waals surface area (Å²) in [7, 11) is 10.3. The number of aromatic nitrogens is 4. The maximum absolute atomic E-state index is 10.5. The SMILES string of the molecule is C[N+](C)(C)c1ccc(-c2c3nc(c(-c4ccc([N+](C)(C)C)cc4)c4ccc([nH]4)c(-c4ccc([N+](C)(C)C)cc4)c4nc(c(-c5ccc([N+](C)(C)C)cc5)c5ccc2[nH]5)C=C4)C=C3)cc1.Cc1ccc(S(=O)(=O)O)cc1.Cc1ccc(S(=O)(=O)O)cc1.Cc1ccc(S(=O)(=O)O)cc1.Cc1ccc(S(=O)(=O)O)cc1. The minimum absolute atomic E-state index is 0.0666. The Morgan fingerprint density at radius 2 is 0.398 bits per heavy atom. The lowest BCUT2D eigenvalue weighted by atomic mass is 10.0. The molecule has 562 valence electrons. The number of H-pyrrole nitrogens is 2. The minimum atomic E-state index is -4.02. The van der Waals surface area contributed by atoms with Gasteiger partial charge in [-0.25, -0.2) is 9.97 Å². The van der Waals surface area contributed by atoms with E-state index in [0.29, 0.717) is 0 Å². The van der Waals surface area contributed by atoms with Crippen molar-refractivity contribution in [2.45, 2.75) is 47.3 Å². The zero-order valence-corrected chi connectivity index (χ0v) is 66.7. The smallest absolute Gasteiger partial charge is 0.294 e. The number of hydrogen-bond acceptors (Lipinski definition) is 10. The molecule has 2 aliphatic heterocycles. The molecule has 0 fully saturated rings. The molecule has 8 bridgehead atoms. The Kier molecular flexibility index (Phi) is 24.5. The Hall–Kier alpha value is -10.2. The third kappa shape index (κ3) is 21.2. The van der Waals surface area contributed by atoms with E-state index in [0.717, 1.165) is 130 Å². The van der Waals surface area contributed by atoms with Gasteiger partial charge in [0.05, 0.1) is 127 Å². The van der Waals surface area contributed by atoms with Crippen LogP contribution in [0, 0.1) is 27.7 Å². The van der Waals surface area contributed by atoms with Gasteiger partial charge in [-0.15, -0.1) is 0 Å². The molecule has 0 aliphatic carbocycles. The summed E-state index contributed by atoms with van der Waals surface area (Å²) in [5.41, 5.74) is 24.7. The standard InChI is InChI=1S/C56H62N8.4C7H8O3S/c1-61(2,3)41-21-13-37(14-22-41)53-45-29-31-47(57-45)54(38-15-23-42(24-16-38)62(4,5)6)49-33-35-51(59-49)56(40-19-27-44(28-20-40)64(10,11)12)52-36-34-50(60-52)55(48-32-30-46(53)58-48)39-17-25-43(26-18-39)63(7,8)9;4*1-6-2-4-7(5-3-6)11(8,9)10/h13-36,57,60H,1-12H3;4*2-5H,1H3,(H,8,9,10)/q+4;;;;. The Bertz CT molecular complexity index is 5090. The lowest BCUT2D eigenvalue weighted by Gasteiger charge is -2.23. The second kappa shape index (κ2) is 32.3. The van der Waals surface area contributed by atoms with Crippen molar-refractivity contribution in [3.8, 4) is 44.5 Å². The van der Waals surface area contributed by atoms with E-state index < -0.39 is 40.5 Å². The molecule has 0 radical (unpaired) electrons. The summed E-state index contributed by atoms with van der Waals surface area (Å²) >= 11 is 0. The predicted octanol–water partition coefficient (Wildman–Crippen LogP) is 17.1. The molecule has 8 aromatic carbocycles. The molecule has 0 saturated carbocycles. The van der Waals surface area contributed by atoms with Crippen LogP contribution in [0.2, 0.25) is 0 Å². The fourth-order valence-corrected chi connectivity index (χ4v) is 13.5. The number of aromatic amines is 2. The number of aryl methyl sites for hydroxylation is 4. The summed E-state index contributed by atoms with van der Waals surface area (Å²) in [5, 5.41) is 0. The van der Waals surface area contributed by atoms with E-state index >= 15 is 0 Å². The lowest BCUT2D eigenvalue weighted by Crippen LogP contribution is -2.34. The van der Waals surface area contributed by atoms with Gasteiger partial charge < -0.3 is 9.97 Å². The molecule has 0 unspecified atom stereocenters. The molecular formula is C84H94N8O12S4+4. The fraction of sp³-hybridized carbons (Fsp3) is 0.190. The Labute approximate surface area is 635 Å². The van der Waals surface area contributed by atoms with Crippen molar-refractivity contribution in [2.24, 2.45) is 0 Å². The maximum Gasteiger partial charge on any atom is 0.294 e. The van der Waals surface area contributed by atoms with Crippen molar-refractivity contribution in [3.63, 3.8) is 0 Å². The first kappa shape index (κ1) is 81.9. The van der Waals surface area contributed by atoms with Crippen molar-refractivity contribution in [1.82, 2.24) is 37.9 Å². The zero-order chi connectivity index (χ0) is 79.3. The van der Waals surface area contributed by atoms with Crippen LogP contribution < -0.4 is 17.9 Å². The molecule has 13 rings (SSSR count). The van der Waals surface area contributed by atoms with Gasteiger partial charge in [-0.3, -0.25) is 36.1 Å². The molecule has 3 aromatic heterocycles. The molecule has 6 N–H and O–H groups in total. The first-order chi connectivity index (χ1) is 50.2. The minimum Gasteiger partial charge on any atom is -0.354 e. The van der Waals surface area contributed by atoms with E-state index in [9.17, 15) is 33.7 Å². The van der Waals surface area contributed by atoms with Crippen LogP contribution in [0.5, 0.6) is 0 Å². The van der Waals surface area contributed by atoms with Crippen LogP contribution in [0.3, 0.4) is 0 Å². The van der Waals surface area contributed by atoms with Crippen LogP contribution in [0.1, 0.15) is 45.0 Å². The van der Waals surface area contributed by atoms with E-state index in [-0.39, 0.29) is 19.6 Å². The zero-order valence-electron chi connectivity index (χ0n) is 63.5. The van der Waals surface area contributed by atoms with Crippen LogP contribution in [-0.2, 0) is 40.5 Å². The molecular weight excluding hydrogens is 1440 g/mol. The van der Waals surface area contributed by atoms with Gasteiger partial charge in [0.2, 0.25) is 0 Å². The summed E-state index contributed by atoms with van der Waals surface area (Å²) in [6.45, 7) is 7.36. The highest BCUT2D eigenvalue weighted by Gasteiger charge is 2.23. The van der Waals surface area contributed by atoms with E-state index in [4.69, 9.17) is 28.2 Å². The quantitative estimate of drug-likeness (QED) is 0.0490. The van der Waals surface area contributed by atoms with Crippen molar-refractivity contribution >= 4 is 110 Å². The van der Waals surface area contributed by atoms with Gasteiger partial charge in [-0.2, -0.15) is 33.7 Å². The maximum atomic E-state index is 10.5. The summed E-state index contributed by atoms with van der Waals surface area (Å²) in [5.74, 6) is 0. The van der Waals surface area contributed by atoms with Crippen molar-refractivity contribution in [2.75, 3.05) is 84.6 Å². The van der Waals surface area contributed by atoms with Crippen molar-refractivity contribution in [3.05, 3.63) is 263 Å². The highest BCUT2D eigenvalue weighted by Crippen LogP contribution is 2.40. The van der Waals surface area contributed by atoms with Gasteiger partial charge in [0.25, 0.3) is 40.5 Å². The fourth-order valence-electron chi connectivity index (χ4n) is 11.6. The first-order valence-corrected chi connectivity index (χ1v) is 40.0. The van der Waals surface area contributed by atoms with E-state index in [1.165, 1.54) is 71.3 Å². The second-order valence-corrected chi connectivity index (χ2v) is 35.6. The number of benzene rings is 8. The predicted molar refractivity (Wildman–Crippen MR) is 443 cm³/mol. The van der Waals surface area contributed by atoms with Crippen LogP contribution in [0.15, 0.2) is 238 Å². The van der Waals surface area contributed by atoms with E-state index in [1.807, 2.05) is 27.7 Å². The molecule has 0 saturated heterocycles. The van der Waals surface area contributed by atoms with Crippen molar-refractivity contribution < 1.29 is 51.9 Å². The van der Waals surface area contributed by atoms with Crippen LogP contribution in [0.25, 0.3) is 90.9 Å². The van der Waals surface area contributed by atoms with Gasteiger partial charge in [0.15, 0.2) is 0 Å². The Morgan fingerprint density at radius 3 is 0.537 bits per heavy atom. The number of fused-ring (bicyclic) bond motifs is 8. The van der Waals surface area contributed by atoms with Crippen molar-refractivity contribution in [1.29, 1.82) is 0 Å². The third-order valence-corrected chi connectivity index (χ3v) is 21.2. The summed E-state index contributed by atoms with van der Waals surface area (Å²) in [4.78, 5) is 18.7. The van der Waals surface area contributed by atoms with E-state index in [2.05, 4.69) is 240 Å². The molecule has 24 heteroatoms. The average molecular weight is 1540 g/mol. The summed E-state index contributed by atoms with van der Waals surface area (Å²) in [6.07, 6.45) is 8.69. The van der Waals surface area contributed by atoms with Gasteiger partial charge in [-0.1, -0.05) is 70.8 Å². The molecule has 0 atom stereocenters. The van der Waals surface area contributed by atoms with E-state index in [1.54, 1.807) is 48.5 Å². The number of hydrogen-bond donors (Lipinski definition) is 6. The highest BCUT2D eigenvalue weighted by molar-refractivity contribution is 7.86. The number of nitrogens with zero attached hydrogens (tertiary/aromatic N) is 6. The van der Waals surface area contributed by atoms with Crippen LogP contribution in [-0.4, -0.2) is 156 Å². The Morgan fingerprint density at radius 1 is 0.241 bits per heavy atom. The van der Waals surface area contributed by atoms with Gasteiger partial charge in [0, 0.05) is 44.3 Å². The monoisotopic (exact) mass is 1530 g/mol. The molecule has 108 heavy (non-hydrogen) atoms. The topological polar surface area (TPSA) is 275 Å². The molecule has 20 nitrogen and oxygen atoms in total. The van der Waals surface area contributed by atoms with Gasteiger partial charge in [-0.05, 0) is 244 Å². The van der Waals surface area contributed by atoms with Gasteiger partial charge >= 0.3 is 0 Å². The number of rotatable bonds is 12. The number of quaternary nitrogens is 4. The molecule has 0 spiro atoms. The number of nitrogens with one attached hydrogen (secondary N) is 2. The molecule has 2 aliphatic rings.